The molecule has 1 saturated heterocycles. The molecule has 1 unspecified atom stereocenters. The van der Waals surface area contributed by atoms with E-state index < -0.39 is 9.84 Å². The Hall–Kier alpha value is -1.27. The highest BCUT2D eigenvalue weighted by molar-refractivity contribution is 7.91. The molecule has 1 aromatic carbocycles. The van der Waals surface area contributed by atoms with Crippen molar-refractivity contribution >= 4 is 33.0 Å². The fourth-order valence-electron chi connectivity index (χ4n) is 4.09. The number of aryl methyl sites for hydroxylation is 1. The Kier molecular flexibility index (Phi) is 6.13. The van der Waals surface area contributed by atoms with E-state index in [1.165, 1.54) is 6.42 Å². The molecule has 1 aliphatic carbocycles. The second kappa shape index (κ2) is 8.17. The zero-order chi connectivity index (χ0) is 18.7. The first-order chi connectivity index (χ1) is 12.4. The number of carbonyl (C=O) groups is 1. The van der Waals surface area contributed by atoms with Crippen molar-refractivity contribution < 1.29 is 13.2 Å². The Morgan fingerprint density at radius 2 is 1.92 bits per heavy atom. The molecule has 1 amide bonds. The summed E-state index contributed by atoms with van der Waals surface area (Å²) in [7, 11) is -3.03. The number of amides is 1. The molecule has 2 fully saturated rings. The number of nitrogens with one attached hydrogen (secondary N) is 1. The lowest BCUT2D eigenvalue weighted by Gasteiger charge is -2.38. The summed E-state index contributed by atoms with van der Waals surface area (Å²) >= 11 is 6.24. The van der Waals surface area contributed by atoms with E-state index in [0.29, 0.717) is 11.4 Å². The minimum Gasteiger partial charge on any atom is -0.375 e. The van der Waals surface area contributed by atoms with Gasteiger partial charge in [0, 0.05) is 12.1 Å². The minimum atomic E-state index is -3.03. The van der Waals surface area contributed by atoms with E-state index in [2.05, 4.69) is 5.32 Å². The molecule has 7 heteroatoms. The summed E-state index contributed by atoms with van der Waals surface area (Å²) in [5, 5.41) is 3.72. The van der Waals surface area contributed by atoms with Crippen LogP contribution in [0.1, 0.15) is 44.1 Å². The highest BCUT2D eigenvalue weighted by Crippen LogP contribution is 2.29. The first-order valence-electron chi connectivity index (χ1n) is 9.37. The van der Waals surface area contributed by atoms with Gasteiger partial charge in [0.2, 0.25) is 5.91 Å². The molecule has 0 bridgehead atoms. The van der Waals surface area contributed by atoms with E-state index in [4.69, 9.17) is 11.6 Å². The van der Waals surface area contributed by atoms with Crippen LogP contribution in [-0.4, -0.2) is 49.4 Å². The van der Waals surface area contributed by atoms with Crippen LogP contribution in [0.2, 0.25) is 5.02 Å². The summed E-state index contributed by atoms with van der Waals surface area (Å²) < 4.78 is 23.9. The topological polar surface area (TPSA) is 66.5 Å². The number of rotatable bonds is 5. The van der Waals surface area contributed by atoms with Crippen LogP contribution in [0.3, 0.4) is 0 Å². The predicted octanol–water partition coefficient (Wildman–Crippen LogP) is 3.41. The third-order valence-electron chi connectivity index (χ3n) is 5.41. The van der Waals surface area contributed by atoms with Crippen LogP contribution in [0, 0.1) is 6.92 Å². The van der Waals surface area contributed by atoms with E-state index in [1.807, 2.05) is 30.0 Å². The van der Waals surface area contributed by atoms with E-state index in [-0.39, 0.29) is 36.0 Å². The third-order valence-corrected chi connectivity index (χ3v) is 7.48. The van der Waals surface area contributed by atoms with Gasteiger partial charge in [-0.25, -0.2) is 8.42 Å². The zero-order valence-electron chi connectivity index (χ0n) is 15.2. The number of nitrogens with zero attached hydrogens (tertiary/aromatic N) is 1. The molecule has 5 nitrogen and oxygen atoms in total. The number of sulfone groups is 1. The second-order valence-electron chi connectivity index (χ2n) is 7.49. The first-order valence-corrected chi connectivity index (χ1v) is 11.6. The molecule has 26 heavy (non-hydrogen) atoms. The van der Waals surface area contributed by atoms with Gasteiger partial charge in [-0.2, -0.15) is 0 Å². The largest absolute Gasteiger partial charge is 0.375 e. The number of carbonyl (C=O) groups excluding carboxylic acids is 1. The van der Waals surface area contributed by atoms with Gasteiger partial charge in [0.25, 0.3) is 0 Å². The summed E-state index contributed by atoms with van der Waals surface area (Å²) in [4.78, 5) is 14.9. The van der Waals surface area contributed by atoms with Gasteiger partial charge >= 0.3 is 0 Å². The molecule has 1 N–H and O–H groups in total. The lowest BCUT2D eigenvalue weighted by molar-refractivity contribution is -0.134. The number of anilines is 1. The van der Waals surface area contributed by atoms with Gasteiger partial charge in [-0.15, -0.1) is 0 Å². The van der Waals surface area contributed by atoms with Crippen molar-refractivity contribution in [3.8, 4) is 0 Å². The predicted molar refractivity (Wildman–Crippen MR) is 105 cm³/mol. The molecule has 1 aliphatic heterocycles. The standard InChI is InChI=1S/C19H27ClN2O3S/c1-14-7-8-18(17(20)11-14)21-12-19(23)22(15-5-3-2-4-6-15)16-9-10-26(24,25)13-16/h7-8,11,15-16,21H,2-6,9-10,12-13H2,1H3. The molecular formula is C19H27ClN2O3S. The maximum Gasteiger partial charge on any atom is 0.242 e. The fraction of sp³-hybridized carbons (Fsp3) is 0.632. The molecule has 2 aliphatic rings. The lowest BCUT2D eigenvalue weighted by atomic mass is 9.93. The summed E-state index contributed by atoms with van der Waals surface area (Å²) in [6.45, 7) is 2.10. The molecule has 0 spiro atoms. The van der Waals surface area contributed by atoms with Crippen molar-refractivity contribution in [2.75, 3.05) is 23.4 Å². The lowest BCUT2D eigenvalue weighted by Crippen LogP contribution is -2.50. The van der Waals surface area contributed by atoms with Gasteiger partial charge in [0.15, 0.2) is 9.84 Å². The average Bonchev–Trinajstić information content (AvgIpc) is 2.95. The number of hydrogen-bond donors (Lipinski definition) is 1. The molecule has 144 valence electrons. The van der Waals surface area contributed by atoms with Gasteiger partial charge in [0.1, 0.15) is 0 Å². The van der Waals surface area contributed by atoms with Crippen LogP contribution in [0.4, 0.5) is 5.69 Å². The monoisotopic (exact) mass is 398 g/mol. The van der Waals surface area contributed by atoms with Crippen molar-refractivity contribution in [1.29, 1.82) is 0 Å². The Labute approximate surface area is 161 Å². The summed E-state index contributed by atoms with van der Waals surface area (Å²) in [6.07, 6.45) is 5.88. The quantitative estimate of drug-likeness (QED) is 0.825. The van der Waals surface area contributed by atoms with Crippen LogP contribution >= 0.6 is 11.6 Å². The Morgan fingerprint density at radius 3 is 2.54 bits per heavy atom. The maximum absolute atomic E-state index is 13.0. The van der Waals surface area contributed by atoms with Gasteiger partial charge in [-0.1, -0.05) is 36.9 Å². The van der Waals surface area contributed by atoms with Crippen molar-refractivity contribution in [2.45, 2.75) is 57.5 Å². The third kappa shape index (κ3) is 4.71. The second-order valence-corrected chi connectivity index (χ2v) is 10.1. The zero-order valence-corrected chi connectivity index (χ0v) is 16.8. The number of benzene rings is 1. The summed E-state index contributed by atoms with van der Waals surface area (Å²) in [6, 6.07) is 5.64. The van der Waals surface area contributed by atoms with Gasteiger partial charge in [-0.05, 0) is 43.9 Å². The smallest absolute Gasteiger partial charge is 0.242 e. The van der Waals surface area contributed by atoms with Crippen molar-refractivity contribution in [1.82, 2.24) is 4.90 Å². The Morgan fingerprint density at radius 1 is 1.19 bits per heavy atom. The van der Waals surface area contributed by atoms with E-state index >= 15 is 0 Å². The highest BCUT2D eigenvalue weighted by atomic mass is 35.5. The first kappa shape index (κ1) is 19.5. The molecule has 0 radical (unpaired) electrons. The maximum atomic E-state index is 13.0. The Bertz CT molecular complexity index is 760. The molecule has 1 atom stereocenters. The van der Waals surface area contributed by atoms with E-state index in [1.54, 1.807) is 0 Å². The minimum absolute atomic E-state index is 0.0318. The molecule has 1 aromatic rings. The SMILES string of the molecule is Cc1ccc(NCC(=O)N(C2CCCCC2)C2CCS(=O)(=O)C2)c(Cl)c1. The average molecular weight is 399 g/mol. The molecule has 0 aromatic heterocycles. The van der Waals surface area contributed by atoms with Gasteiger partial charge in [0.05, 0.1) is 28.8 Å². The Balaban J connectivity index is 1.71. The fourth-order valence-corrected chi connectivity index (χ4v) is 6.10. The summed E-state index contributed by atoms with van der Waals surface area (Å²) in [5.41, 5.74) is 1.79. The van der Waals surface area contributed by atoms with Crippen LogP contribution in [0.25, 0.3) is 0 Å². The molecular weight excluding hydrogens is 372 g/mol. The van der Waals surface area contributed by atoms with Crippen molar-refractivity contribution in [2.24, 2.45) is 0 Å². The molecule has 1 heterocycles. The van der Waals surface area contributed by atoms with Crippen LogP contribution in [0.5, 0.6) is 0 Å². The van der Waals surface area contributed by atoms with Crippen LogP contribution < -0.4 is 5.32 Å². The molecule has 3 rings (SSSR count). The van der Waals surface area contributed by atoms with Crippen molar-refractivity contribution in [3.05, 3.63) is 28.8 Å². The van der Waals surface area contributed by atoms with Crippen molar-refractivity contribution in [3.63, 3.8) is 0 Å². The van der Waals surface area contributed by atoms with Gasteiger partial charge in [-0.3, -0.25) is 4.79 Å². The van der Waals surface area contributed by atoms with Crippen LogP contribution in [-0.2, 0) is 14.6 Å². The van der Waals surface area contributed by atoms with E-state index in [9.17, 15) is 13.2 Å². The van der Waals surface area contributed by atoms with Gasteiger partial charge < -0.3 is 10.2 Å². The normalized spacial score (nSPS) is 22.9. The highest BCUT2D eigenvalue weighted by Gasteiger charge is 2.38. The number of hydrogen-bond acceptors (Lipinski definition) is 4. The summed E-state index contributed by atoms with van der Waals surface area (Å²) in [5.74, 6) is 0.252. The number of halogens is 1. The van der Waals surface area contributed by atoms with E-state index in [0.717, 1.165) is 36.9 Å². The molecule has 1 saturated carbocycles. The van der Waals surface area contributed by atoms with Crippen LogP contribution in [0.15, 0.2) is 18.2 Å².